The number of benzene rings is 1. The molecule has 98 valence electrons. The summed E-state index contributed by atoms with van der Waals surface area (Å²) >= 11 is 5.30. The number of nitrogens with one attached hydrogen (secondary N) is 1. The van der Waals surface area contributed by atoms with E-state index in [0.717, 1.165) is 16.5 Å². The van der Waals surface area contributed by atoms with Crippen molar-refractivity contribution < 1.29 is 4.79 Å². The molecular formula is C14H18BrNOS. The lowest BCUT2D eigenvalue weighted by atomic mass is 9.94. The summed E-state index contributed by atoms with van der Waals surface area (Å²) in [6.07, 6.45) is 6.95. The highest BCUT2D eigenvalue weighted by Crippen LogP contribution is 2.27. The van der Waals surface area contributed by atoms with Gasteiger partial charge in [0.1, 0.15) is 0 Å². The van der Waals surface area contributed by atoms with Crippen LogP contribution in [0.25, 0.3) is 0 Å². The van der Waals surface area contributed by atoms with Crippen LogP contribution >= 0.6 is 27.7 Å². The Balaban J connectivity index is 2.04. The van der Waals surface area contributed by atoms with Crippen LogP contribution in [0.3, 0.4) is 0 Å². The Morgan fingerprint density at radius 2 is 2.06 bits per heavy atom. The molecule has 2 atom stereocenters. The average Bonchev–Trinajstić information content (AvgIpc) is 2.39. The third kappa shape index (κ3) is 3.29. The summed E-state index contributed by atoms with van der Waals surface area (Å²) in [6.45, 7) is 0. The maximum Gasteiger partial charge on any atom is 0.252 e. The van der Waals surface area contributed by atoms with E-state index in [4.69, 9.17) is 0 Å². The van der Waals surface area contributed by atoms with Crippen molar-refractivity contribution in [1.82, 2.24) is 5.32 Å². The van der Waals surface area contributed by atoms with Crippen molar-refractivity contribution in [3.63, 3.8) is 0 Å². The number of carbonyl (C=O) groups is 1. The fraction of sp³-hybridized carbons (Fsp3) is 0.500. The molecular weight excluding hydrogens is 310 g/mol. The number of hydrogen-bond acceptors (Lipinski definition) is 2. The first-order valence-corrected chi connectivity index (χ1v) is 8.38. The highest BCUT2D eigenvalue weighted by Gasteiger charge is 2.26. The lowest BCUT2D eigenvalue weighted by molar-refractivity contribution is 0.0928. The smallest absolute Gasteiger partial charge is 0.252 e. The maximum absolute atomic E-state index is 12.2. The Morgan fingerprint density at radius 1 is 1.33 bits per heavy atom. The van der Waals surface area contributed by atoms with Crippen molar-refractivity contribution in [3.05, 3.63) is 34.3 Å². The van der Waals surface area contributed by atoms with Crippen LogP contribution in [0.1, 0.15) is 36.0 Å². The zero-order valence-electron chi connectivity index (χ0n) is 10.5. The van der Waals surface area contributed by atoms with Crippen molar-refractivity contribution in [1.29, 1.82) is 0 Å². The molecule has 1 fully saturated rings. The predicted molar refractivity (Wildman–Crippen MR) is 81.2 cm³/mol. The molecule has 18 heavy (non-hydrogen) atoms. The third-order valence-corrected chi connectivity index (χ3v) is 5.30. The Hall–Kier alpha value is -0.480. The monoisotopic (exact) mass is 327 g/mol. The molecule has 0 saturated heterocycles. The fourth-order valence-corrected chi connectivity index (χ4v) is 3.84. The third-order valence-electron chi connectivity index (χ3n) is 3.44. The van der Waals surface area contributed by atoms with Gasteiger partial charge in [0.25, 0.3) is 5.91 Å². The molecule has 1 aromatic carbocycles. The van der Waals surface area contributed by atoms with Gasteiger partial charge in [-0.2, -0.15) is 11.8 Å². The molecule has 1 aromatic rings. The topological polar surface area (TPSA) is 29.1 Å². The first kappa shape index (κ1) is 13.9. The molecule has 1 aliphatic rings. The Morgan fingerprint density at radius 3 is 2.78 bits per heavy atom. The number of carbonyl (C=O) groups excluding carboxylic acids is 1. The Bertz CT molecular complexity index is 424. The number of thioether (sulfide) groups is 1. The van der Waals surface area contributed by atoms with E-state index in [1.807, 2.05) is 36.0 Å². The van der Waals surface area contributed by atoms with Crippen LogP contribution in [0.15, 0.2) is 28.7 Å². The van der Waals surface area contributed by atoms with Gasteiger partial charge in [0.05, 0.1) is 5.56 Å². The Labute approximate surface area is 121 Å². The van der Waals surface area contributed by atoms with E-state index < -0.39 is 0 Å². The van der Waals surface area contributed by atoms with Crippen LogP contribution in [0.4, 0.5) is 0 Å². The quantitative estimate of drug-likeness (QED) is 0.913. The van der Waals surface area contributed by atoms with Crippen LogP contribution in [0.5, 0.6) is 0 Å². The molecule has 4 heteroatoms. The second kappa shape index (κ2) is 6.62. The summed E-state index contributed by atoms with van der Waals surface area (Å²) in [7, 11) is 0. The van der Waals surface area contributed by atoms with Crippen LogP contribution in [0, 0.1) is 0 Å². The van der Waals surface area contributed by atoms with Crippen molar-refractivity contribution in [2.75, 3.05) is 6.26 Å². The minimum absolute atomic E-state index is 0.0356. The fourth-order valence-electron chi connectivity index (χ4n) is 2.44. The summed E-state index contributed by atoms with van der Waals surface area (Å²) in [5.74, 6) is 0.0356. The number of amides is 1. The van der Waals surface area contributed by atoms with E-state index in [9.17, 15) is 4.79 Å². The van der Waals surface area contributed by atoms with Crippen LogP contribution in [0.2, 0.25) is 0 Å². The molecule has 1 amide bonds. The van der Waals surface area contributed by atoms with Crippen molar-refractivity contribution in [3.8, 4) is 0 Å². The minimum Gasteiger partial charge on any atom is -0.348 e. The first-order chi connectivity index (χ1) is 8.72. The summed E-state index contributed by atoms with van der Waals surface area (Å²) in [4.78, 5) is 12.2. The van der Waals surface area contributed by atoms with Gasteiger partial charge in [-0.25, -0.2) is 0 Å². The largest absolute Gasteiger partial charge is 0.348 e. The molecule has 2 rings (SSSR count). The minimum atomic E-state index is 0.0356. The van der Waals surface area contributed by atoms with Crippen LogP contribution < -0.4 is 5.32 Å². The van der Waals surface area contributed by atoms with Gasteiger partial charge in [0, 0.05) is 15.8 Å². The van der Waals surface area contributed by atoms with Gasteiger partial charge < -0.3 is 5.32 Å². The molecule has 0 aromatic heterocycles. The summed E-state index contributed by atoms with van der Waals surface area (Å²) in [6, 6.07) is 7.89. The van der Waals surface area contributed by atoms with Gasteiger partial charge in [-0.3, -0.25) is 4.79 Å². The molecule has 2 unspecified atom stereocenters. The van der Waals surface area contributed by atoms with Gasteiger partial charge in [-0.1, -0.05) is 25.0 Å². The van der Waals surface area contributed by atoms with E-state index in [-0.39, 0.29) is 5.91 Å². The molecule has 0 aliphatic heterocycles. The normalized spacial score (nSPS) is 23.7. The highest BCUT2D eigenvalue weighted by atomic mass is 79.9. The molecule has 0 radical (unpaired) electrons. The van der Waals surface area contributed by atoms with Crippen molar-refractivity contribution in [2.45, 2.75) is 37.0 Å². The van der Waals surface area contributed by atoms with E-state index in [1.165, 1.54) is 19.3 Å². The van der Waals surface area contributed by atoms with E-state index in [2.05, 4.69) is 27.5 Å². The summed E-state index contributed by atoms with van der Waals surface area (Å²) < 4.78 is 0.860. The van der Waals surface area contributed by atoms with Gasteiger partial charge in [0.15, 0.2) is 0 Å². The van der Waals surface area contributed by atoms with Crippen molar-refractivity contribution in [2.24, 2.45) is 0 Å². The molecule has 0 heterocycles. The second-order valence-corrected chi connectivity index (χ2v) is 6.55. The van der Waals surface area contributed by atoms with Gasteiger partial charge >= 0.3 is 0 Å². The van der Waals surface area contributed by atoms with Gasteiger partial charge in [0.2, 0.25) is 0 Å². The van der Waals surface area contributed by atoms with E-state index in [1.54, 1.807) is 0 Å². The molecule has 1 N–H and O–H groups in total. The maximum atomic E-state index is 12.2. The zero-order chi connectivity index (χ0) is 13.0. The lowest BCUT2D eigenvalue weighted by Gasteiger charge is -2.31. The highest BCUT2D eigenvalue weighted by molar-refractivity contribution is 9.10. The average molecular weight is 328 g/mol. The Kier molecular flexibility index (Phi) is 5.13. The van der Waals surface area contributed by atoms with E-state index in [0.29, 0.717) is 11.3 Å². The SMILES string of the molecule is CSC1CCCCC1NC(=O)c1ccccc1Br. The van der Waals surface area contributed by atoms with Crippen LogP contribution in [-0.2, 0) is 0 Å². The van der Waals surface area contributed by atoms with Gasteiger partial charge in [-0.05, 0) is 47.2 Å². The number of hydrogen-bond donors (Lipinski definition) is 1. The van der Waals surface area contributed by atoms with Crippen molar-refractivity contribution >= 4 is 33.6 Å². The molecule has 0 bridgehead atoms. The van der Waals surface area contributed by atoms with E-state index >= 15 is 0 Å². The summed E-state index contributed by atoms with van der Waals surface area (Å²) in [5.41, 5.74) is 0.725. The zero-order valence-corrected chi connectivity index (χ0v) is 12.9. The van der Waals surface area contributed by atoms with Gasteiger partial charge in [-0.15, -0.1) is 0 Å². The standard InChI is InChI=1S/C14H18BrNOS/c1-18-13-9-5-4-8-12(13)16-14(17)10-6-2-3-7-11(10)15/h2-3,6-7,12-13H,4-5,8-9H2,1H3,(H,16,17). The molecule has 2 nitrogen and oxygen atoms in total. The summed E-state index contributed by atoms with van der Waals surface area (Å²) in [5, 5.41) is 3.75. The number of halogens is 1. The lowest BCUT2D eigenvalue weighted by Crippen LogP contribution is -2.43. The van der Waals surface area contributed by atoms with Crippen LogP contribution in [-0.4, -0.2) is 23.5 Å². The molecule has 1 aliphatic carbocycles. The molecule has 1 saturated carbocycles. The first-order valence-electron chi connectivity index (χ1n) is 6.30. The molecule has 0 spiro atoms. The predicted octanol–water partition coefficient (Wildman–Crippen LogP) is 3.85. The number of rotatable bonds is 3. The second-order valence-electron chi connectivity index (χ2n) is 4.62.